The highest BCUT2D eigenvalue weighted by Gasteiger charge is 2.32. The van der Waals surface area contributed by atoms with E-state index in [1.807, 2.05) is 0 Å². The molecule has 1 aliphatic heterocycles. The Morgan fingerprint density at radius 3 is 2.93 bits per heavy atom. The molecule has 1 aromatic rings. The number of thiophene rings is 1. The molecule has 1 unspecified atom stereocenters. The van der Waals surface area contributed by atoms with Gasteiger partial charge in [-0.05, 0) is 17.9 Å². The van der Waals surface area contributed by atoms with Gasteiger partial charge in [-0.15, -0.1) is 11.3 Å². The van der Waals surface area contributed by atoms with E-state index in [0.29, 0.717) is 17.3 Å². The van der Waals surface area contributed by atoms with Crippen molar-refractivity contribution in [3.63, 3.8) is 0 Å². The second kappa shape index (κ2) is 4.21. The summed E-state index contributed by atoms with van der Waals surface area (Å²) in [7, 11) is -1.65. The van der Waals surface area contributed by atoms with Crippen molar-refractivity contribution in [2.24, 2.45) is 0 Å². The van der Waals surface area contributed by atoms with Gasteiger partial charge in [0.25, 0.3) is 10.0 Å². The van der Waals surface area contributed by atoms with Crippen molar-refractivity contribution in [1.29, 1.82) is 0 Å². The van der Waals surface area contributed by atoms with Crippen molar-refractivity contribution < 1.29 is 13.2 Å². The Morgan fingerprint density at radius 1 is 1.60 bits per heavy atom. The molecular formula is C9H13NO3S2. The molecule has 1 saturated heterocycles. The number of rotatable bonds is 3. The van der Waals surface area contributed by atoms with Crippen LogP contribution in [0, 0.1) is 0 Å². The Hall–Kier alpha value is -0.430. The Kier molecular flexibility index (Phi) is 3.11. The highest BCUT2D eigenvalue weighted by Crippen LogP contribution is 2.25. The van der Waals surface area contributed by atoms with Crippen LogP contribution in [0.4, 0.5) is 0 Å². The van der Waals surface area contributed by atoms with E-state index < -0.39 is 10.0 Å². The second-order valence-electron chi connectivity index (χ2n) is 3.44. The maximum Gasteiger partial charge on any atom is 0.252 e. The summed E-state index contributed by atoms with van der Waals surface area (Å²) >= 11 is 1.26. The zero-order valence-corrected chi connectivity index (χ0v) is 10.1. The number of ether oxygens (including phenoxy) is 1. The van der Waals surface area contributed by atoms with Gasteiger partial charge >= 0.3 is 0 Å². The molecule has 1 atom stereocenters. The molecule has 4 nitrogen and oxygen atoms in total. The minimum Gasteiger partial charge on any atom is -0.380 e. The van der Waals surface area contributed by atoms with E-state index in [1.54, 1.807) is 24.6 Å². The van der Waals surface area contributed by atoms with Crippen LogP contribution in [0.5, 0.6) is 0 Å². The predicted molar refractivity (Wildman–Crippen MR) is 58.5 cm³/mol. The topological polar surface area (TPSA) is 46.6 Å². The molecular weight excluding hydrogens is 234 g/mol. The van der Waals surface area contributed by atoms with Gasteiger partial charge in [0.2, 0.25) is 0 Å². The van der Waals surface area contributed by atoms with Gasteiger partial charge in [-0.2, -0.15) is 4.31 Å². The molecule has 0 saturated carbocycles. The molecule has 1 aliphatic rings. The summed E-state index contributed by atoms with van der Waals surface area (Å²) in [6, 6.07) is 3.39. The smallest absolute Gasteiger partial charge is 0.252 e. The number of nitrogens with zero attached hydrogens (tertiary/aromatic N) is 1. The lowest BCUT2D eigenvalue weighted by Gasteiger charge is -2.14. The van der Waals surface area contributed by atoms with Gasteiger partial charge in [-0.25, -0.2) is 8.42 Å². The van der Waals surface area contributed by atoms with Crippen LogP contribution in [0.25, 0.3) is 0 Å². The highest BCUT2D eigenvalue weighted by atomic mass is 32.2. The lowest BCUT2D eigenvalue weighted by atomic mass is 10.3. The molecule has 2 rings (SSSR count). The molecule has 84 valence electrons. The van der Waals surface area contributed by atoms with Crippen LogP contribution in [0.3, 0.4) is 0 Å². The fourth-order valence-corrected chi connectivity index (χ4v) is 4.28. The standard InChI is InChI=1S/C9H13NO3S2/c1-13-8-4-5-10(7-8)15(11,12)9-3-2-6-14-9/h2-3,6,8H,4-5,7H2,1H3. The van der Waals surface area contributed by atoms with Crippen LogP contribution in [-0.2, 0) is 14.8 Å². The summed E-state index contributed by atoms with van der Waals surface area (Å²) in [5, 5.41) is 1.77. The molecule has 0 spiro atoms. The number of methoxy groups -OCH3 is 1. The lowest BCUT2D eigenvalue weighted by molar-refractivity contribution is 0.115. The van der Waals surface area contributed by atoms with Crippen LogP contribution < -0.4 is 0 Å². The first kappa shape index (κ1) is 11.1. The van der Waals surface area contributed by atoms with Crippen LogP contribution >= 0.6 is 11.3 Å². The SMILES string of the molecule is COC1CCN(S(=O)(=O)c2cccs2)C1. The first-order valence-corrected chi connectivity index (χ1v) is 7.03. The summed E-state index contributed by atoms with van der Waals surface area (Å²) in [4.78, 5) is 0. The largest absolute Gasteiger partial charge is 0.380 e. The van der Waals surface area contributed by atoms with Gasteiger partial charge < -0.3 is 4.74 Å². The number of hydrogen-bond donors (Lipinski definition) is 0. The van der Waals surface area contributed by atoms with Crippen molar-refractivity contribution in [1.82, 2.24) is 4.31 Å². The molecule has 1 aromatic heterocycles. The summed E-state index contributed by atoms with van der Waals surface area (Å²) in [6.45, 7) is 1.02. The zero-order chi connectivity index (χ0) is 10.9. The number of hydrogen-bond acceptors (Lipinski definition) is 4. The quantitative estimate of drug-likeness (QED) is 0.805. The van der Waals surface area contributed by atoms with E-state index in [9.17, 15) is 8.42 Å². The molecule has 2 heterocycles. The van der Waals surface area contributed by atoms with Crippen LogP contribution in [0.2, 0.25) is 0 Å². The molecule has 0 amide bonds. The molecule has 0 N–H and O–H groups in total. The van der Waals surface area contributed by atoms with E-state index in [0.717, 1.165) is 6.42 Å². The molecule has 0 bridgehead atoms. The average molecular weight is 247 g/mol. The summed E-state index contributed by atoms with van der Waals surface area (Å²) in [5.41, 5.74) is 0. The third-order valence-electron chi connectivity index (χ3n) is 2.53. The van der Waals surface area contributed by atoms with Crippen LogP contribution in [-0.4, -0.2) is 39.0 Å². The van der Waals surface area contributed by atoms with E-state index in [1.165, 1.54) is 15.6 Å². The highest BCUT2D eigenvalue weighted by molar-refractivity contribution is 7.91. The Morgan fingerprint density at radius 2 is 2.40 bits per heavy atom. The van der Waals surface area contributed by atoms with E-state index in [2.05, 4.69) is 0 Å². The maximum atomic E-state index is 12.0. The van der Waals surface area contributed by atoms with Gasteiger partial charge in [-0.3, -0.25) is 0 Å². The van der Waals surface area contributed by atoms with Gasteiger partial charge in [0.15, 0.2) is 0 Å². The minimum atomic E-state index is -3.27. The van der Waals surface area contributed by atoms with Crippen molar-refractivity contribution in [3.05, 3.63) is 17.5 Å². The second-order valence-corrected chi connectivity index (χ2v) is 6.55. The van der Waals surface area contributed by atoms with E-state index in [4.69, 9.17) is 4.74 Å². The van der Waals surface area contributed by atoms with Crippen LogP contribution in [0.15, 0.2) is 21.7 Å². The molecule has 0 aliphatic carbocycles. The predicted octanol–water partition coefficient (Wildman–Crippen LogP) is 1.16. The van der Waals surface area contributed by atoms with Crippen molar-refractivity contribution in [3.8, 4) is 0 Å². The van der Waals surface area contributed by atoms with Crippen LogP contribution in [0.1, 0.15) is 6.42 Å². The molecule has 0 radical (unpaired) electrons. The Labute approximate surface area is 93.5 Å². The Balaban J connectivity index is 2.18. The third-order valence-corrected chi connectivity index (χ3v) is 5.77. The number of sulfonamides is 1. The van der Waals surface area contributed by atoms with E-state index >= 15 is 0 Å². The lowest BCUT2D eigenvalue weighted by Crippen LogP contribution is -2.29. The van der Waals surface area contributed by atoms with Gasteiger partial charge in [0, 0.05) is 20.2 Å². The normalized spacial score (nSPS) is 23.4. The molecule has 15 heavy (non-hydrogen) atoms. The summed E-state index contributed by atoms with van der Waals surface area (Å²) < 4.78 is 31.1. The zero-order valence-electron chi connectivity index (χ0n) is 8.42. The molecule has 6 heteroatoms. The first-order valence-electron chi connectivity index (χ1n) is 4.71. The fraction of sp³-hybridized carbons (Fsp3) is 0.556. The fourth-order valence-electron chi connectivity index (χ4n) is 1.65. The third kappa shape index (κ3) is 2.08. The van der Waals surface area contributed by atoms with Gasteiger partial charge in [0.1, 0.15) is 4.21 Å². The first-order chi connectivity index (χ1) is 7.14. The maximum absolute atomic E-state index is 12.0. The van der Waals surface area contributed by atoms with Gasteiger partial charge in [0.05, 0.1) is 6.10 Å². The summed E-state index contributed by atoms with van der Waals surface area (Å²) in [6.07, 6.45) is 0.820. The van der Waals surface area contributed by atoms with Gasteiger partial charge in [-0.1, -0.05) is 6.07 Å². The monoisotopic (exact) mass is 247 g/mol. The molecule has 1 fully saturated rings. The Bertz CT molecular complexity index is 413. The van der Waals surface area contributed by atoms with E-state index in [-0.39, 0.29) is 6.10 Å². The summed E-state index contributed by atoms with van der Waals surface area (Å²) in [5.74, 6) is 0. The average Bonchev–Trinajstić information content (AvgIpc) is 2.89. The van der Waals surface area contributed by atoms with Crippen molar-refractivity contribution in [2.75, 3.05) is 20.2 Å². The minimum absolute atomic E-state index is 0.0414. The van der Waals surface area contributed by atoms with Crippen molar-refractivity contribution in [2.45, 2.75) is 16.7 Å². The van der Waals surface area contributed by atoms with Crippen molar-refractivity contribution >= 4 is 21.4 Å². The molecule has 0 aromatic carbocycles.